The van der Waals surface area contributed by atoms with E-state index in [1.54, 1.807) is 48.7 Å². The molecule has 3 N–H and O–H groups in total. The first-order valence-corrected chi connectivity index (χ1v) is 15.4. The smallest absolute Gasteiger partial charge is 0.407 e. The lowest BCUT2D eigenvalue weighted by atomic mass is 9.88. The van der Waals surface area contributed by atoms with Crippen LogP contribution in [-0.2, 0) is 47.5 Å². The van der Waals surface area contributed by atoms with Crippen molar-refractivity contribution in [3.05, 3.63) is 0 Å². The highest BCUT2D eigenvalue weighted by Crippen LogP contribution is 2.18. The summed E-state index contributed by atoms with van der Waals surface area (Å²) in [6.07, 6.45) is -0.0468. The van der Waals surface area contributed by atoms with Gasteiger partial charge in [0.15, 0.2) is 0 Å². The second-order valence-electron chi connectivity index (χ2n) is 9.18. The lowest BCUT2D eigenvalue weighted by Gasteiger charge is -2.24. The first-order valence-electron chi connectivity index (χ1n) is 10.9. The predicted molar refractivity (Wildman–Crippen MR) is 150 cm³/mol. The summed E-state index contributed by atoms with van der Waals surface area (Å²) in [6, 6.07) is -1.37. The van der Waals surface area contributed by atoms with Gasteiger partial charge in [-0.25, -0.2) is 9.59 Å². The summed E-state index contributed by atoms with van der Waals surface area (Å²) in [5, 5.41) is 14.1. The van der Waals surface area contributed by atoms with Crippen molar-refractivity contribution < 1.29 is 33.8 Å². The van der Waals surface area contributed by atoms with Gasteiger partial charge in [0.05, 0.1) is 6.54 Å². The van der Waals surface area contributed by atoms with Gasteiger partial charge in [0.1, 0.15) is 17.4 Å². The molecule has 0 aliphatic carbocycles. The third-order valence-corrected chi connectivity index (χ3v) is 7.10. The number of aliphatic carboxylic acids is 1. The van der Waals surface area contributed by atoms with Crippen molar-refractivity contribution in [1.29, 1.82) is 0 Å². The van der Waals surface area contributed by atoms with Crippen molar-refractivity contribution in [2.24, 2.45) is 11.8 Å². The molecule has 0 radical (unpaired) electrons. The maximum absolute atomic E-state index is 12.6. The molecule has 2 atom stereocenters. The number of ketones is 1. The topological polar surface area (TPSA) is 142 Å². The highest BCUT2D eigenvalue weighted by Gasteiger charge is 2.29. The molecule has 0 aromatic heterocycles. The number of ether oxygens (including phenoxy) is 1. The molecule has 0 saturated carbocycles. The van der Waals surface area contributed by atoms with Crippen LogP contribution in [0.1, 0.15) is 60.3 Å². The molecule has 15 heteroatoms. The Morgan fingerprint density at radius 3 is 1.94 bits per heavy atom. The Morgan fingerprint density at radius 2 is 1.56 bits per heavy atom. The Morgan fingerprint density at radius 1 is 1.03 bits per heavy atom. The molecular formula is C21H38ClN3O7P2S2. The molecule has 0 rings (SSSR count). The second kappa shape index (κ2) is 20.7. The van der Waals surface area contributed by atoms with Crippen LogP contribution in [0, 0.1) is 11.8 Å². The average molecular weight is 606 g/mol. The zero-order chi connectivity index (χ0) is 27.8. The van der Waals surface area contributed by atoms with Crippen molar-refractivity contribution in [2.45, 2.75) is 71.9 Å². The number of Topliss-reactive ketones (excluding diaryl/α,β-unsaturated/α-hetero) is 1. The molecule has 0 unspecified atom stereocenters. The molecule has 0 spiro atoms. The van der Waals surface area contributed by atoms with Gasteiger partial charge < -0.3 is 25.4 Å². The summed E-state index contributed by atoms with van der Waals surface area (Å²) < 4.78 is 5.05. The number of alkyl carbamates (subject to hydrolysis) is 1. The molecule has 36 heavy (non-hydrogen) atoms. The van der Waals surface area contributed by atoms with E-state index in [4.69, 9.17) is 4.74 Å². The Balaban J connectivity index is -0.00000201. The van der Waals surface area contributed by atoms with Gasteiger partial charge in [-0.05, 0) is 56.7 Å². The molecule has 0 aliphatic heterocycles. The Hall–Kier alpha value is -1.32. The van der Waals surface area contributed by atoms with E-state index < -0.39 is 35.5 Å². The minimum absolute atomic E-state index is 0. The maximum atomic E-state index is 12.6. The number of halogens is 1. The predicted octanol–water partition coefficient (Wildman–Crippen LogP) is 3.71. The maximum Gasteiger partial charge on any atom is 0.407 e. The standard InChI is InChI=1S/C21H37N3O7.ClH.P2S2/c1-13(2)15(11-14(25)9-8-10-17(26)24(6)7)18(27)23-16(19(28)29)12-22-20(30)31-21(3,4)5;;3-1-2-4/h13,15-16H,8-12H2,1-7H3,(H,22,30)(H,23,27)(H,28,29);1H;/t15-,16-;;/m0../s1. The van der Waals surface area contributed by atoms with E-state index in [1.807, 2.05) is 0 Å². The molecule has 0 aromatic rings. The highest BCUT2D eigenvalue weighted by atomic mass is 35.5. The largest absolute Gasteiger partial charge is 0.480 e. The molecule has 0 heterocycles. The molecule has 3 amide bonds. The number of rotatable bonds is 13. The first kappa shape index (κ1) is 39.2. The summed E-state index contributed by atoms with van der Waals surface area (Å²) in [5.74, 6) is -3.07. The number of carboxylic acid groups (broad SMARTS) is 1. The number of carbonyl (C=O) groups is 5. The average Bonchev–Trinajstić information content (AvgIpc) is 2.72. The third kappa shape index (κ3) is 20.8. The van der Waals surface area contributed by atoms with Crippen LogP contribution in [0.2, 0.25) is 0 Å². The van der Waals surface area contributed by atoms with Crippen molar-refractivity contribution in [3.8, 4) is 0 Å². The zero-order valence-corrected chi connectivity index (χ0v) is 26.0. The van der Waals surface area contributed by atoms with E-state index in [1.165, 1.54) is 4.90 Å². The molecule has 208 valence electrons. The first-order chi connectivity index (χ1) is 16.0. The molecule has 0 saturated heterocycles. The summed E-state index contributed by atoms with van der Waals surface area (Å²) in [6.45, 7) is 8.18. The number of carbonyl (C=O) groups excluding carboxylic acids is 4. The lowest BCUT2D eigenvalue weighted by molar-refractivity contribution is -0.142. The minimum Gasteiger partial charge on any atom is -0.480 e. The Kier molecular flexibility index (Phi) is 22.5. The van der Waals surface area contributed by atoms with Crippen LogP contribution in [-0.4, -0.2) is 71.9 Å². The zero-order valence-electron chi connectivity index (χ0n) is 21.7. The van der Waals surface area contributed by atoms with E-state index in [-0.39, 0.29) is 55.8 Å². The Bertz CT molecular complexity index is 760. The summed E-state index contributed by atoms with van der Waals surface area (Å²) in [4.78, 5) is 61.2. The van der Waals surface area contributed by atoms with Gasteiger partial charge in [0, 0.05) is 53.4 Å². The van der Waals surface area contributed by atoms with Gasteiger partial charge in [0.25, 0.3) is 0 Å². The fourth-order valence-electron chi connectivity index (χ4n) is 2.62. The molecule has 0 aromatic carbocycles. The third-order valence-electron chi connectivity index (χ3n) is 4.43. The normalized spacial score (nSPS) is 12.3. The van der Waals surface area contributed by atoms with Gasteiger partial charge in [-0.2, -0.15) is 0 Å². The summed E-state index contributed by atoms with van der Waals surface area (Å²) in [7, 11) is 5.02. The van der Waals surface area contributed by atoms with Gasteiger partial charge in [-0.1, -0.05) is 13.8 Å². The van der Waals surface area contributed by atoms with Crippen LogP contribution in [0.4, 0.5) is 4.79 Å². The number of nitrogens with one attached hydrogen (secondary N) is 2. The summed E-state index contributed by atoms with van der Waals surface area (Å²) >= 11 is 8.82. The second-order valence-corrected chi connectivity index (χ2v) is 13.4. The van der Waals surface area contributed by atoms with Crippen LogP contribution < -0.4 is 10.6 Å². The molecule has 10 nitrogen and oxygen atoms in total. The van der Waals surface area contributed by atoms with Gasteiger partial charge in [0.2, 0.25) is 11.8 Å². The van der Waals surface area contributed by atoms with Crippen molar-refractivity contribution in [3.63, 3.8) is 0 Å². The van der Waals surface area contributed by atoms with Crippen LogP contribution in [0.15, 0.2) is 0 Å². The van der Waals surface area contributed by atoms with Gasteiger partial charge >= 0.3 is 12.1 Å². The fourth-order valence-corrected chi connectivity index (χ4v) is 2.62. The minimum atomic E-state index is -1.37. The van der Waals surface area contributed by atoms with E-state index in [2.05, 4.69) is 34.2 Å². The number of hydrogen-bond donors (Lipinski definition) is 3. The molecule has 0 fully saturated rings. The highest BCUT2D eigenvalue weighted by molar-refractivity contribution is 8.40. The molecule has 0 aliphatic rings. The van der Waals surface area contributed by atoms with E-state index in [9.17, 15) is 29.1 Å². The molecule has 0 bridgehead atoms. The van der Waals surface area contributed by atoms with Crippen molar-refractivity contribution in [2.75, 3.05) is 20.6 Å². The Labute approximate surface area is 233 Å². The monoisotopic (exact) mass is 605 g/mol. The van der Waals surface area contributed by atoms with Crippen LogP contribution in [0.25, 0.3) is 0 Å². The van der Waals surface area contributed by atoms with E-state index >= 15 is 0 Å². The van der Waals surface area contributed by atoms with Gasteiger partial charge in [-0.15, -0.1) is 12.4 Å². The number of hydrogen-bond acceptors (Lipinski definition) is 8. The summed E-state index contributed by atoms with van der Waals surface area (Å²) in [5.41, 5.74) is -0.744. The number of amides is 3. The van der Waals surface area contributed by atoms with Crippen LogP contribution >= 0.6 is 26.5 Å². The van der Waals surface area contributed by atoms with Crippen molar-refractivity contribution >= 4 is 79.8 Å². The van der Waals surface area contributed by atoms with Crippen LogP contribution in [0.3, 0.4) is 0 Å². The SMILES string of the molecule is CC(C)[C@H](CC(=O)CCCC(=O)N(C)C)C(=O)N[C@@H](CNC(=O)OC(C)(C)C)C(=O)O.Cl.S=PP=S. The quantitative estimate of drug-likeness (QED) is 0.268. The fraction of sp³-hybridized carbons (Fsp3) is 0.762. The van der Waals surface area contributed by atoms with E-state index in [0.29, 0.717) is 6.42 Å². The van der Waals surface area contributed by atoms with Gasteiger partial charge in [-0.3, -0.25) is 14.4 Å². The van der Waals surface area contributed by atoms with Crippen molar-refractivity contribution in [1.82, 2.24) is 15.5 Å². The lowest BCUT2D eigenvalue weighted by Crippen LogP contribution is -2.51. The van der Waals surface area contributed by atoms with E-state index in [0.717, 1.165) is 14.1 Å². The number of nitrogens with zero attached hydrogens (tertiary/aromatic N) is 1. The molecular weight excluding hydrogens is 568 g/mol. The van der Waals surface area contributed by atoms with Crippen LogP contribution in [0.5, 0.6) is 0 Å². The number of carboxylic acids is 1.